The van der Waals surface area contributed by atoms with Gasteiger partial charge in [0.05, 0.1) is 6.42 Å². The van der Waals surface area contributed by atoms with Crippen molar-refractivity contribution in [3.8, 4) is 0 Å². The highest BCUT2D eigenvalue weighted by Gasteiger charge is 2.22. The average Bonchev–Trinajstić information content (AvgIpc) is 2.37. The van der Waals surface area contributed by atoms with Gasteiger partial charge in [0.2, 0.25) is 0 Å². The SMILES string of the molecule is Cc1ccccc1N(C)C(=O)N(CCC(=O)O)C(C)C. The first-order chi connectivity index (χ1) is 9.34. The Morgan fingerprint density at radius 3 is 2.35 bits per heavy atom. The lowest BCUT2D eigenvalue weighted by Gasteiger charge is -2.31. The van der Waals surface area contributed by atoms with Crippen molar-refractivity contribution in [3.63, 3.8) is 0 Å². The van der Waals surface area contributed by atoms with Crippen LogP contribution in [0.5, 0.6) is 0 Å². The molecule has 0 saturated heterocycles. The summed E-state index contributed by atoms with van der Waals surface area (Å²) in [7, 11) is 1.71. The first kappa shape index (κ1) is 16.0. The molecule has 1 aromatic rings. The van der Waals surface area contributed by atoms with Gasteiger partial charge in [-0.15, -0.1) is 0 Å². The lowest BCUT2D eigenvalue weighted by molar-refractivity contribution is -0.137. The molecule has 0 heterocycles. The summed E-state index contributed by atoms with van der Waals surface area (Å²) >= 11 is 0. The molecule has 0 bridgehead atoms. The van der Waals surface area contributed by atoms with Gasteiger partial charge in [0, 0.05) is 25.3 Å². The van der Waals surface area contributed by atoms with Crippen molar-refractivity contribution in [3.05, 3.63) is 29.8 Å². The van der Waals surface area contributed by atoms with E-state index in [1.165, 1.54) is 0 Å². The van der Waals surface area contributed by atoms with Crippen LogP contribution >= 0.6 is 0 Å². The number of para-hydroxylation sites is 1. The van der Waals surface area contributed by atoms with Gasteiger partial charge >= 0.3 is 12.0 Å². The minimum Gasteiger partial charge on any atom is -0.481 e. The van der Waals surface area contributed by atoms with E-state index < -0.39 is 5.97 Å². The van der Waals surface area contributed by atoms with Crippen LogP contribution in [-0.2, 0) is 4.79 Å². The maximum Gasteiger partial charge on any atom is 0.324 e. The quantitative estimate of drug-likeness (QED) is 0.901. The third-order valence-electron chi connectivity index (χ3n) is 3.20. The number of nitrogens with zero attached hydrogens (tertiary/aromatic N) is 2. The summed E-state index contributed by atoms with van der Waals surface area (Å²) in [5, 5.41) is 8.77. The molecule has 0 aromatic heterocycles. The van der Waals surface area contributed by atoms with Crippen molar-refractivity contribution in [1.29, 1.82) is 0 Å². The van der Waals surface area contributed by atoms with Gasteiger partial charge in [-0.1, -0.05) is 18.2 Å². The Morgan fingerprint density at radius 1 is 1.25 bits per heavy atom. The van der Waals surface area contributed by atoms with Crippen LogP contribution < -0.4 is 4.90 Å². The van der Waals surface area contributed by atoms with Gasteiger partial charge in [-0.05, 0) is 32.4 Å². The number of carbonyl (C=O) groups is 2. The third-order valence-corrected chi connectivity index (χ3v) is 3.20. The predicted octanol–water partition coefficient (Wildman–Crippen LogP) is 2.74. The second-order valence-electron chi connectivity index (χ2n) is 5.06. The number of hydrogen-bond acceptors (Lipinski definition) is 2. The highest BCUT2D eigenvalue weighted by atomic mass is 16.4. The smallest absolute Gasteiger partial charge is 0.324 e. The number of rotatable bonds is 5. The van der Waals surface area contributed by atoms with Crippen LogP contribution in [-0.4, -0.2) is 41.6 Å². The molecular formula is C15H22N2O3. The highest BCUT2D eigenvalue weighted by Crippen LogP contribution is 2.20. The molecule has 0 aliphatic rings. The Morgan fingerprint density at radius 2 is 1.85 bits per heavy atom. The minimum atomic E-state index is -0.901. The predicted molar refractivity (Wildman–Crippen MR) is 79.1 cm³/mol. The van der Waals surface area contributed by atoms with E-state index in [4.69, 9.17) is 5.11 Å². The van der Waals surface area contributed by atoms with Gasteiger partial charge in [0.15, 0.2) is 0 Å². The summed E-state index contributed by atoms with van der Waals surface area (Å²) in [5.41, 5.74) is 1.84. The molecule has 5 heteroatoms. The zero-order chi connectivity index (χ0) is 15.3. The molecule has 0 saturated carbocycles. The molecule has 0 aliphatic carbocycles. The van der Waals surface area contributed by atoms with Crippen molar-refractivity contribution in [1.82, 2.24) is 4.90 Å². The fourth-order valence-corrected chi connectivity index (χ4v) is 2.03. The second-order valence-corrected chi connectivity index (χ2v) is 5.06. The van der Waals surface area contributed by atoms with Crippen molar-refractivity contribution in [2.24, 2.45) is 0 Å². The van der Waals surface area contributed by atoms with E-state index in [2.05, 4.69) is 0 Å². The molecule has 0 unspecified atom stereocenters. The van der Waals surface area contributed by atoms with Gasteiger partial charge in [0.25, 0.3) is 0 Å². The standard InChI is InChI=1S/C15H22N2O3/c1-11(2)17(10-9-14(18)19)15(20)16(4)13-8-6-5-7-12(13)3/h5-8,11H,9-10H2,1-4H3,(H,18,19). The van der Waals surface area contributed by atoms with Crippen LogP contribution in [0.25, 0.3) is 0 Å². The van der Waals surface area contributed by atoms with E-state index in [0.717, 1.165) is 11.3 Å². The molecule has 5 nitrogen and oxygen atoms in total. The second kappa shape index (κ2) is 6.93. The Hall–Kier alpha value is -2.04. The number of carbonyl (C=O) groups excluding carboxylic acids is 1. The lowest BCUT2D eigenvalue weighted by Crippen LogP contribution is -2.46. The molecule has 0 aliphatic heterocycles. The number of carboxylic acid groups (broad SMARTS) is 1. The molecule has 110 valence electrons. The van der Waals surface area contributed by atoms with E-state index in [1.54, 1.807) is 16.8 Å². The number of hydrogen-bond donors (Lipinski definition) is 1. The Balaban J connectivity index is 2.89. The Bertz CT molecular complexity index is 486. The van der Waals surface area contributed by atoms with Crippen molar-refractivity contribution < 1.29 is 14.7 Å². The molecule has 1 rings (SSSR count). The van der Waals surface area contributed by atoms with Crippen molar-refractivity contribution >= 4 is 17.7 Å². The molecule has 2 amide bonds. The summed E-state index contributed by atoms with van der Waals surface area (Å²) < 4.78 is 0. The van der Waals surface area contributed by atoms with E-state index in [9.17, 15) is 9.59 Å². The van der Waals surface area contributed by atoms with Crippen LogP contribution in [0.15, 0.2) is 24.3 Å². The molecule has 0 atom stereocenters. The molecule has 0 spiro atoms. The number of anilines is 1. The first-order valence-electron chi connectivity index (χ1n) is 6.66. The number of aryl methyl sites for hydroxylation is 1. The number of carboxylic acids is 1. The summed E-state index contributed by atoms with van der Waals surface area (Å²) in [6, 6.07) is 7.38. The van der Waals surface area contributed by atoms with Crippen LogP contribution in [0.1, 0.15) is 25.8 Å². The van der Waals surface area contributed by atoms with Gasteiger partial charge in [0.1, 0.15) is 0 Å². The lowest BCUT2D eigenvalue weighted by atomic mass is 10.2. The number of aliphatic carboxylic acids is 1. The zero-order valence-electron chi connectivity index (χ0n) is 12.5. The molecule has 20 heavy (non-hydrogen) atoms. The molecule has 0 radical (unpaired) electrons. The maximum atomic E-state index is 12.5. The summed E-state index contributed by atoms with van der Waals surface area (Å²) in [6.07, 6.45) is -0.0501. The summed E-state index contributed by atoms with van der Waals surface area (Å²) in [5.74, 6) is -0.901. The van der Waals surface area contributed by atoms with Gasteiger partial charge < -0.3 is 10.0 Å². The largest absolute Gasteiger partial charge is 0.481 e. The highest BCUT2D eigenvalue weighted by molar-refractivity contribution is 5.92. The van der Waals surface area contributed by atoms with Gasteiger partial charge in [-0.25, -0.2) is 4.79 Å². The Kier molecular flexibility index (Phi) is 5.55. The number of urea groups is 1. The van der Waals surface area contributed by atoms with Crippen molar-refractivity contribution in [2.45, 2.75) is 33.2 Å². The van der Waals surface area contributed by atoms with Gasteiger partial charge in [-0.3, -0.25) is 9.69 Å². The van der Waals surface area contributed by atoms with Crippen LogP contribution in [0, 0.1) is 6.92 Å². The number of amides is 2. The fourth-order valence-electron chi connectivity index (χ4n) is 2.03. The van der Waals surface area contributed by atoms with E-state index in [0.29, 0.717) is 0 Å². The first-order valence-corrected chi connectivity index (χ1v) is 6.66. The zero-order valence-corrected chi connectivity index (χ0v) is 12.5. The normalized spacial score (nSPS) is 10.4. The third kappa shape index (κ3) is 3.98. The molecule has 0 fully saturated rings. The summed E-state index contributed by atoms with van der Waals surface area (Å²) in [4.78, 5) is 26.3. The van der Waals surface area contributed by atoms with Gasteiger partial charge in [-0.2, -0.15) is 0 Å². The average molecular weight is 278 g/mol. The van der Waals surface area contributed by atoms with Crippen LogP contribution in [0.2, 0.25) is 0 Å². The van der Waals surface area contributed by atoms with Crippen molar-refractivity contribution in [2.75, 3.05) is 18.5 Å². The van der Waals surface area contributed by atoms with E-state index in [1.807, 2.05) is 45.0 Å². The fraction of sp³-hybridized carbons (Fsp3) is 0.467. The Labute approximate surface area is 119 Å². The minimum absolute atomic E-state index is 0.0479. The maximum absolute atomic E-state index is 12.5. The topological polar surface area (TPSA) is 60.9 Å². The monoisotopic (exact) mass is 278 g/mol. The molecule has 1 aromatic carbocycles. The molecule has 1 N–H and O–H groups in total. The van der Waals surface area contributed by atoms with E-state index in [-0.39, 0.29) is 25.0 Å². The molecular weight excluding hydrogens is 256 g/mol. The van der Waals surface area contributed by atoms with E-state index >= 15 is 0 Å². The number of benzene rings is 1. The van der Waals surface area contributed by atoms with Crippen LogP contribution in [0.4, 0.5) is 10.5 Å². The summed E-state index contributed by atoms with van der Waals surface area (Å²) in [6.45, 7) is 5.91. The van der Waals surface area contributed by atoms with Crippen LogP contribution in [0.3, 0.4) is 0 Å².